The molecule has 0 aliphatic rings. The Kier molecular flexibility index (Phi) is 2.88. The van der Waals surface area contributed by atoms with Crippen molar-refractivity contribution in [3.63, 3.8) is 0 Å². The van der Waals surface area contributed by atoms with E-state index in [9.17, 15) is 0 Å². The molecule has 0 bridgehead atoms. The molecule has 0 aliphatic heterocycles. The Morgan fingerprint density at radius 2 is 2.27 bits per heavy atom. The fraction of sp³-hybridized carbons (Fsp3) is 0.375. The van der Waals surface area contributed by atoms with Crippen molar-refractivity contribution in [2.75, 3.05) is 7.11 Å². The number of halogens is 1. The van der Waals surface area contributed by atoms with Gasteiger partial charge in [0.1, 0.15) is 0 Å². The first-order valence-electron chi connectivity index (χ1n) is 3.34. The minimum Gasteiger partial charge on any atom is -0.481 e. The zero-order chi connectivity index (χ0) is 8.27. The van der Waals surface area contributed by atoms with E-state index in [2.05, 4.69) is 20.9 Å². The van der Waals surface area contributed by atoms with Crippen LogP contribution in [0.2, 0.25) is 0 Å². The third-order valence-electron chi connectivity index (χ3n) is 1.35. The van der Waals surface area contributed by atoms with Gasteiger partial charge in [-0.15, -0.1) is 0 Å². The number of methoxy groups -OCH3 is 1. The Bertz CT molecular complexity index is 228. The molecule has 1 rings (SSSR count). The molecular weight excluding hydrogens is 206 g/mol. The van der Waals surface area contributed by atoms with Gasteiger partial charge < -0.3 is 4.74 Å². The van der Waals surface area contributed by atoms with Crippen LogP contribution >= 0.6 is 15.9 Å². The second-order valence-electron chi connectivity index (χ2n) is 2.29. The van der Waals surface area contributed by atoms with E-state index in [1.165, 1.54) is 5.56 Å². The number of aromatic nitrogens is 1. The summed E-state index contributed by atoms with van der Waals surface area (Å²) in [6, 6.07) is 3.94. The molecule has 0 unspecified atom stereocenters. The number of hydrogen-bond acceptors (Lipinski definition) is 2. The molecular formula is C8H10BrNO. The summed E-state index contributed by atoms with van der Waals surface area (Å²) in [6.45, 7) is 1.95. The standard InChI is InChI=1S/C8H10BrNO/c1-6-3-7(5-9)4-8(10-6)11-2/h3-4H,5H2,1-2H3. The van der Waals surface area contributed by atoms with Crippen molar-refractivity contribution in [3.8, 4) is 5.88 Å². The summed E-state index contributed by atoms with van der Waals surface area (Å²) in [7, 11) is 1.62. The number of ether oxygens (including phenoxy) is 1. The monoisotopic (exact) mass is 215 g/mol. The van der Waals surface area contributed by atoms with Gasteiger partial charge in [0.15, 0.2) is 0 Å². The predicted molar refractivity (Wildman–Crippen MR) is 48.2 cm³/mol. The van der Waals surface area contributed by atoms with E-state index >= 15 is 0 Å². The fourth-order valence-corrected chi connectivity index (χ4v) is 1.21. The maximum absolute atomic E-state index is 5.01. The van der Waals surface area contributed by atoms with Gasteiger partial charge in [0, 0.05) is 17.1 Å². The molecule has 0 atom stereocenters. The zero-order valence-corrected chi connectivity index (χ0v) is 8.18. The van der Waals surface area contributed by atoms with E-state index in [-0.39, 0.29) is 0 Å². The molecule has 0 spiro atoms. The number of hydrogen-bond donors (Lipinski definition) is 0. The molecule has 1 aromatic heterocycles. The highest BCUT2D eigenvalue weighted by atomic mass is 79.9. The first-order valence-corrected chi connectivity index (χ1v) is 4.46. The molecule has 0 aliphatic carbocycles. The Labute approximate surface area is 74.7 Å². The van der Waals surface area contributed by atoms with Gasteiger partial charge in [-0.3, -0.25) is 0 Å². The highest BCUT2D eigenvalue weighted by Crippen LogP contribution is 2.13. The van der Waals surface area contributed by atoms with Crippen LogP contribution in [0.1, 0.15) is 11.3 Å². The molecule has 0 amide bonds. The molecule has 0 aromatic carbocycles. The third-order valence-corrected chi connectivity index (χ3v) is 2.00. The van der Waals surface area contributed by atoms with E-state index < -0.39 is 0 Å². The minimum absolute atomic E-state index is 0.680. The van der Waals surface area contributed by atoms with Crippen LogP contribution in [-0.2, 0) is 5.33 Å². The van der Waals surface area contributed by atoms with Gasteiger partial charge in [-0.25, -0.2) is 4.98 Å². The van der Waals surface area contributed by atoms with Gasteiger partial charge in [0.25, 0.3) is 0 Å². The van der Waals surface area contributed by atoms with Crippen LogP contribution in [0, 0.1) is 6.92 Å². The molecule has 3 heteroatoms. The lowest BCUT2D eigenvalue weighted by atomic mass is 10.2. The van der Waals surface area contributed by atoms with E-state index in [1.54, 1.807) is 7.11 Å². The predicted octanol–water partition coefficient (Wildman–Crippen LogP) is 2.29. The van der Waals surface area contributed by atoms with Gasteiger partial charge in [-0.2, -0.15) is 0 Å². The van der Waals surface area contributed by atoms with Gasteiger partial charge in [0.05, 0.1) is 7.11 Å². The molecule has 0 radical (unpaired) electrons. The summed E-state index contributed by atoms with van der Waals surface area (Å²) >= 11 is 3.37. The Morgan fingerprint density at radius 3 is 2.82 bits per heavy atom. The number of nitrogens with zero attached hydrogens (tertiary/aromatic N) is 1. The van der Waals surface area contributed by atoms with E-state index in [0.717, 1.165) is 11.0 Å². The smallest absolute Gasteiger partial charge is 0.213 e. The number of rotatable bonds is 2. The van der Waals surface area contributed by atoms with E-state index in [0.29, 0.717) is 5.88 Å². The molecule has 0 N–H and O–H groups in total. The van der Waals surface area contributed by atoms with Crippen LogP contribution < -0.4 is 4.74 Å². The van der Waals surface area contributed by atoms with Crippen LogP contribution in [0.15, 0.2) is 12.1 Å². The summed E-state index contributed by atoms with van der Waals surface area (Å²) in [4.78, 5) is 4.16. The van der Waals surface area contributed by atoms with Gasteiger partial charge in [-0.05, 0) is 18.6 Å². The molecule has 60 valence electrons. The quantitative estimate of drug-likeness (QED) is 0.707. The topological polar surface area (TPSA) is 22.1 Å². The Hall–Kier alpha value is -0.570. The van der Waals surface area contributed by atoms with Gasteiger partial charge in [0.2, 0.25) is 5.88 Å². The number of aryl methyl sites for hydroxylation is 1. The maximum atomic E-state index is 5.01. The van der Waals surface area contributed by atoms with Gasteiger partial charge >= 0.3 is 0 Å². The summed E-state index contributed by atoms with van der Waals surface area (Å²) in [5.74, 6) is 0.680. The third kappa shape index (κ3) is 2.19. The molecule has 2 nitrogen and oxygen atoms in total. The highest BCUT2D eigenvalue weighted by molar-refractivity contribution is 9.08. The zero-order valence-electron chi connectivity index (χ0n) is 6.60. The SMILES string of the molecule is COc1cc(CBr)cc(C)n1. The van der Waals surface area contributed by atoms with Crippen molar-refractivity contribution in [2.24, 2.45) is 0 Å². The second kappa shape index (κ2) is 3.72. The van der Waals surface area contributed by atoms with Crippen molar-refractivity contribution in [2.45, 2.75) is 12.3 Å². The first kappa shape index (κ1) is 8.53. The maximum Gasteiger partial charge on any atom is 0.213 e. The minimum atomic E-state index is 0.680. The van der Waals surface area contributed by atoms with Crippen molar-refractivity contribution >= 4 is 15.9 Å². The van der Waals surface area contributed by atoms with E-state index in [1.807, 2.05) is 19.1 Å². The Balaban J connectivity index is 3.02. The second-order valence-corrected chi connectivity index (χ2v) is 2.85. The van der Waals surface area contributed by atoms with E-state index in [4.69, 9.17) is 4.74 Å². The van der Waals surface area contributed by atoms with Crippen LogP contribution in [0.3, 0.4) is 0 Å². The lowest BCUT2D eigenvalue weighted by Gasteiger charge is -2.02. The molecule has 11 heavy (non-hydrogen) atoms. The lowest BCUT2D eigenvalue weighted by Crippen LogP contribution is -1.91. The van der Waals surface area contributed by atoms with Crippen molar-refractivity contribution < 1.29 is 4.74 Å². The molecule has 0 fully saturated rings. The van der Waals surface area contributed by atoms with Crippen LogP contribution in [0.25, 0.3) is 0 Å². The van der Waals surface area contributed by atoms with Gasteiger partial charge in [-0.1, -0.05) is 15.9 Å². The van der Waals surface area contributed by atoms with Crippen molar-refractivity contribution in [1.29, 1.82) is 0 Å². The van der Waals surface area contributed by atoms with Crippen LogP contribution in [0.4, 0.5) is 0 Å². The first-order chi connectivity index (χ1) is 5.26. The summed E-state index contributed by atoms with van der Waals surface area (Å²) in [5.41, 5.74) is 2.17. The molecule has 0 saturated carbocycles. The average molecular weight is 216 g/mol. The summed E-state index contributed by atoms with van der Waals surface area (Å²) < 4.78 is 5.01. The lowest BCUT2D eigenvalue weighted by molar-refractivity contribution is 0.396. The summed E-state index contributed by atoms with van der Waals surface area (Å²) in [5, 5.41) is 0.840. The van der Waals surface area contributed by atoms with Crippen molar-refractivity contribution in [3.05, 3.63) is 23.4 Å². The average Bonchev–Trinajstić information content (AvgIpc) is 2.03. The molecule has 1 aromatic rings. The number of pyridine rings is 1. The highest BCUT2D eigenvalue weighted by Gasteiger charge is 1.97. The summed E-state index contributed by atoms with van der Waals surface area (Å²) in [6.07, 6.45) is 0. The molecule has 0 saturated heterocycles. The largest absolute Gasteiger partial charge is 0.481 e. The van der Waals surface area contributed by atoms with Crippen LogP contribution in [0.5, 0.6) is 5.88 Å². The Morgan fingerprint density at radius 1 is 1.55 bits per heavy atom. The van der Waals surface area contributed by atoms with Crippen LogP contribution in [-0.4, -0.2) is 12.1 Å². The normalized spacial score (nSPS) is 9.73. The number of alkyl halides is 1. The van der Waals surface area contributed by atoms with Crippen molar-refractivity contribution in [1.82, 2.24) is 4.98 Å². The fourth-order valence-electron chi connectivity index (χ4n) is 0.889. The molecule has 1 heterocycles.